The van der Waals surface area contributed by atoms with Crippen LogP contribution in [0.15, 0.2) is 0 Å². The van der Waals surface area contributed by atoms with E-state index in [1.807, 2.05) is 18.7 Å². The smallest absolute Gasteiger partial charge is 0.222 e. The highest BCUT2D eigenvalue weighted by atomic mass is 16.2. The maximum atomic E-state index is 12.0. The Morgan fingerprint density at radius 3 is 2.00 bits per heavy atom. The predicted molar refractivity (Wildman–Crippen MR) is 88.9 cm³/mol. The van der Waals surface area contributed by atoms with Crippen LogP contribution in [0.3, 0.4) is 0 Å². The normalized spacial score (nSPS) is 11.9. The van der Waals surface area contributed by atoms with E-state index in [0.717, 1.165) is 12.8 Å². The molecule has 122 valence electrons. The molecule has 0 aromatic carbocycles. The number of amides is 1. The van der Waals surface area contributed by atoms with Crippen LogP contribution in [0, 0.1) is 17.2 Å². The minimum absolute atomic E-state index is 0.0722. The van der Waals surface area contributed by atoms with Gasteiger partial charge in [0.15, 0.2) is 0 Å². The third kappa shape index (κ3) is 11.3. The standard InChI is InChI=1S/C18H34N2O/c1-4-6-7-8-9-10-11-12-13-14-18(21)20(5-2)16-17(3)15-19/h17H,4-14,16H2,1-3H3. The van der Waals surface area contributed by atoms with Crippen molar-refractivity contribution in [3.8, 4) is 6.07 Å². The van der Waals surface area contributed by atoms with Crippen LogP contribution in [0.4, 0.5) is 0 Å². The minimum atomic E-state index is -0.0722. The van der Waals surface area contributed by atoms with Gasteiger partial charge in [0.05, 0.1) is 12.0 Å². The summed E-state index contributed by atoms with van der Waals surface area (Å²) in [6.07, 6.45) is 12.1. The van der Waals surface area contributed by atoms with Gasteiger partial charge >= 0.3 is 0 Å². The third-order valence-electron chi connectivity index (χ3n) is 3.94. The lowest BCUT2D eigenvalue weighted by atomic mass is 10.1. The molecule has 0 fully saturated rings. The maximum Gasteiger partial charge on any atom is 0.222 e. The van der Waals surface area contributed by atoms with Crippen LogP contribution in [0.1, 0.15) is 85.0 Å². The van der Waals surface area contributed by atoms with Crippen LogP contribution < -0.4 is 0 Å². The summed E-state index contributed by atoms with van der Waals surface area (Å²) in [6.45, 7) is 7.38. The van der Waals surface area contributed by atoms with Crippen molar-refractivity contribution in [1.82, 2.24) is 4.90 Å². The minimum Gasteiger partial charge on any atom is -0.342 e. The van der Waals surface area contributed by atoms with Gasteiger partial charge in [-0.05, 0) is 20.3 Å². The number of hydrogen-bond acceptors (Lipinski definition) is 2. The van der Waals surface area contributed by atoms with E-state index in [-0.39, 0.29) is 11.8 Å². The van der Waals surface area contributed by atoms with Crippen molar-refractivity contribution < 1.29 is 4.79 Å². The van der Waals surface area contributed by atoms with E-state index >= 15 is 0 Å². The molecule has 0 aliphatic rings. The molecule has 0 aliphatic carbocycles. The lowest BCUT2D eigenvalue weighted by Crippen LogP contribution is -2.34. The molecule has 1 amide bonds. The van der Waals surface area contributed by atoms with Crippen LogP contribution in [0.25, 0.3) is 0 Å². The first-order valence-corrected chi connectivity index (χ1v) is 8.83. The van der Waals surface area contributed by atoms with E-state index in [4.69, 9.17) is 5.26 Å². The molecule has 0 N–H and O–H groups in total. The fourth-order valence-corrected chi connectivity index (χ4v) is 2.52. The van der Waals surface area contributed by atoms with Gasteiger partial charge in [0.1, 0.15) is 0 Å². The summed E-state index contributed by atoms with van der Waals surface area (Å²) in [6, 6.07) is 2.20. The molecule has 0 saturated carbocycles. The molecule has 0 aliphatic heterocycles. The summed E-state index contributed by atoms with van der Waals surface area (Å²) in [5.74, 6) is 0.138. The molecule has 1 atom stereocenters. The molecule has 0 rings (SSSR count). The highest BCUT2D eigenvalue weighted by Gasteiger charge is 2.13. The number of nitrogens with zero attached hydrogens (tertiary/aromatic N) is 2. The summed E-state index contributed by atoms with van der Waals surface area (Å²) in [4.78, 5) is 13.9. The Hall–Kier alpha value is -1.04. The Kier molecular flexibility index (Phi) is 13.2. The average Bonchev–Trinajstić information content (AvgIpc) is 2.50. The zero-order valence-electron chi connectivity index (χ0n) is 14.4. The van der Waals surface area contributed by atoms with Crippen LogP contribution in [-0.2, 0) is 4.79 Å². The van der Waals surface area contributed by atoms with Gasteiger partial charge in [-0.2, -0.15) is 5.26 Å². The van der Waals surface area contributed by atoms with Crippen molar-refractivity contribution in [2.24, 2.45) is 5.92 Å². The molecular formula is C18H34N2O. The first-order valence-electron chi connectivity index (χ1n) is 8.83. The predicted octanol–water partition coefficient (Wildman–Crippen LogP) is 4.92. The maximum absolute atomic E-state index is 12.0. The summed E-state index contributed by atoms with van der Waals surface area (Å²) in [7, 11) is 0. The Balaban J connectivity index is 3.57. The zero-order valence-corrected chi connectivity index (χ0v) is 14.4. The lowest BCUT2D eigenvalue weighted by Gasteiger charge is -2.21. The second kappa shape index (κ2) is 13.9. The van der Waals surface area contributed by atoms with Crippen molar-refractivity contribution in [2.75, 3.05) is 13.1 Å². The van der Waals surface area contributed by atoms with E-state index < -0.39 is 0 Å². The molecule has 0 radical (unpaired) electrons. The fraction of sp³-hybridized carbons (Fsp3) is 0.889. The second-order valence-electron chi connectivity index (χ2n) is 6.04. The summed E-state index contributed by atoms with van der Waals surface area (Å²) in [5.41, 5.74) is 0. The van der Waals surface area contributed by atoms with Crippen molar-refractivity contribution in [1.29, 1.82) is 5.26 Å². The zero-order chi connectivity index (χ0) is 15.9. The highest BCUT2D eigenvalue weighted by Crippen LogP contribution is 2.11. The molecule has 3 nitrogen and oxygen atoms in total. The molecule has 0 heterocycles. The molecule has 0 bridgehead atoms. The van der Waals surface area contributed by atoms with Gasteiger partial charge in [-0.15, -0.1) is 0 Å². The van der Waals surface area contributed by atoms with Gasteiger partial charge in [0.25, 0.3) is 0 Å². The Morgan fingerprint density at radius 2 is 1.52 bits per heavy atom. The first-order chi connectivity index (χ1) is 10.2. The van der Waals surface area contributed by atoms with Gasteiger partial charge in [-0.1, -0.05) is 58.3 Å². The highest BCUT2D eigenvalue weighted by molar-refractivity contribution is 5.76. The van der Waals surface area contributed by atoms with Gasteiger partial charge in [0, 0.05) is 19.5 Å². The number of rotatable bonds is 13. The van der Waals surface area contributed by atoms with E-state index in [2.05, 4.69) is 13.0 Å². The molecule has 0 aromatic heterocycles. The van der Waals surface area contributed by atoms with Crippen molar-refractivity contribution in [3.63, 3.8) is 0 Å². The van der Waals surface area contributed by atoms with Crippen molar-refractivity contribution >= 4 is 5.91 Å². The third-order valence-corrected chi connectivity index (χ3v) is 3.94. The number of carbonyl (C=O) groups excluding carboxylic acids is 1. The molecule has 0 aromatic rings. The Labute approximate surface area is 131 Å². The molecule has 3 heteroatoms. The van der Waals surface area contributed by atoms with Gasteiger partial charge in [0.2, 0.25) is 5.91 Å². The van der Waals surface area contributed by atoms with Gasteiger partial charge in [-0.25, -0.2) is 0 Å². The topological polar surface area (TPSA) is 44.1 Å². The molecule has 0 spiro atoms. The average molecular weight is 294 g/mol. The number of hydrogen-bond donors (Lipinski definition) is 0. The summed E-state index contributed by atoms with van der Waals surface area (Å²) in [5, 5.41) is 8.82. The molecule has 1 unspecified atom stereocenters. The molecule has 21 heavy (non-hydrogen) atoms. The SMILES string of the molecule is CCCCCCCCCCCC(=O)N(CC)CC(C)C#N. The van der Waals surface area contributed by atoms with E-state index in [1.54, 1.807) is 0 Å². The Morgan fingerprint density at radius 1 is 1.00 bits per heavy atom. The molecular weight excluding hydrogens is 260 g/mol. The fourth-order valence-electron chi connectivity index (χ4n) is 2.52. The van der Waals surface area contributed by atoms with Crippen LogP contribution in [-0.4, -0.2) is 23.9 Å². The van der Waals surface area contributed by atoms with E-state index in [1.165, 1.54) is 44.9 Å². The number of nitriles is 1. The van der Waals surface area contributed by atoms with Gasteiger partial charge < -0.3 is 4.90 Å². The summed E-state index contributed by atoms with van der Waals surface area (Å²) >= 11 is 0. The van der Waals surface area contributed by atoms with Crippen LogP contribution in [0.2, 0.25) is 0 Å². The van der Waals surface area contributed by atoms with Crippen LogP contribution in [0.5, 0.6) is 0 Å². The number of unbranched alkanes of at least 4 members (excludes halogenated alkanes) is 8. The van der Waals surface area contributed by atoms with E-state index in [0.29, 0.717) is 19.5 Å². The second-order valence-corrected chi connectivity index (χ2v) is 6.04. The Bertz CT molecular complexity index is 296. The molecule has 0 saturated heterocycles. The van der Waals surface area contributed by atoms with E-state index in [9.17, 15) is 4.79 Å². The number of carbonyl (C=O) groups is 1. The largest absolute Gasteiger partial charge is 0.342 e. The quantitative estimate of drug-likeness (QED) is 0.453. The lowest BCUT2D eigenvalue weighted by molar-refractivity contribution is -0.131. The monoisotopic (exact) mass is 294 g/mol. The van der Waals surface area contributed by atoms with Crippen LogP contribution >= 0.6 is 0 Å². The van der Waals surface area contributed by atoms with Crippen molar-refractivity contribution in [2.45, 2.75) is 85.0 Å². The first kappa shape index (κ1) is 20.0. The van der Waals surface area contributed by atoms with Crippen molar-refractivity contribution in [3.05, 3.63) is 0 Å². The summed E-state index contributed by atoms with van der Waals surface area (Å²) < 4.78 is 0. The van der Waals surface area contributed by atoms with Gasteiger partial charge in [-0.3, -0.25) is 4.79 Å².